The Morgan fingerprint density at radius 2 is 1.90 bits per heavy atom. The minimum atomic E-state index is -0.0240. The first-order valence-corrected chi connectivity index (χ1v) is 12.3. The Morgan fingerprint density at radius 1 is 1.16 bits per heavy atom. The summed E-state index contributed by atoms with van der Waals surface area (Å²) in [6, 6.07) is 16.0. The number of carbonyl (C=O) groups is 1. The molecule has 2 aromatic carbocycles. The smallest absolute Gasteiger partial charge is 0.252 e. The number of carbonyl (C=O) groups excluding carboxylic acids is 1. The van der Waals surface area contributed by atoms with Gasteiger partial charge in [0.2, 0.25) is 0 Å². The molecule has 4 rings (SSSR count). The molecular formula is C25H32N2O3S. The second kappa shape index (κ2) is 10.1. The van der Waals surface area contributed by atoms with Crippen molar-refractivity contribution in [2.75, 3.05) is 33.0 Å². The van der Waals surface area contributed by atoms with Gasteiger partial charge in [0.05, 0.1) is 24.4 Å². The van der Waals surface area contributed by atoms with E-state index in [1.54, 1.807) is 18.9 Å². The van der Waals surface area contributed by atoms with Crippen molar-refractivity contribution >= 4 is 17.7 Å². The molecule has 1 atom stereocenters. The van der Waals surface area contributed by atoms with Crippen molar-refractivity contribution in [3.05, 3.63) is 59.7 Å². The van der Waals surface area contributed by atoms with Crippen LogP contribution in [0, 0.1) is 0 Å². The van der Waals surface area contributed by atoms with Gasteiger partial charge >= 0.3 is 0 Å². The molecule has 5 nitrogen and oxygen atoms in total. The minimum absolute atomic E-state index is 0.0128. The lowest BCUT2D eigenvalue weighted by molar-refractivity contribution is -0.0765. The van der Waals surface area contributed by atoms with Gasteiger partial charge in [-0.3, -0.25) is 9.69 Å². The fourth-order valence-electron chi connectivity index (χ4n) is 4.73. The summed E-state index contributed by atoms with van der Waals surface area (Å²) in [4.78, 5) is 16.1. The lowest BCUT2D eigenvalue weighted by Crippen LogP contribution is -2.44. The van der Waals surface area contributed by atoms with Crippen molar-refractivity contribution in [2.24, 2.45) is 0 Å². The minimum Gasteiger partial charge on any atom is -0.496 e. The average molecular weight is 441 g/mol. The summed E-state index contributed by atoms with van der Waals surface area (Å²) in [5.41, 5.74) is 1.95. The lowest BCUT2D eigenvalue weighted by atomic mass is 9.88. The van der Waals surface area contributed by atoms with E-state index in [1.165, 1.54) is 5.56 Å². The molecule has 166 valence electrons. The normalized spacial score (nSPS) is 20.6. The van der Waals surface area contributed by atoms with Crippen LogP contribution >= 0.6 is 11.8 Å². The molecule has 2 saturated heterocycles. The molecule has 1 N–H and O–H groups in total. The molecular weight excluding hydrogens is 408 g/mol. The Morgan fingerprint density at radius 3 is 2.68 bits per heavy atom. The molecule has 2 aliphatic heterocycles. The van der Waals surface area contributed by atoms with E-state index < -0.39 is 0 Å². The molecule has 1 amide bonds. The number of hydrogen-bond acceptors (Lipinski definition) is 5. The molecule has 2 fully saturated rings. The number of amides is 1. The average Bonchev–Trinajstić information content (AvgIpc) is 3.22. The molecule has 1 unspecified atom stereocenters. The van der Waals surface area contributed by atoms with Gasteiger partial charge in [-0.05, 0) is 50.1 Å². The summed E-state index contributed by atoms with van der Waals surface area (Å²) in [5, 5.41) is 3.09. The van der Waals surface area contributed by atoms with E-state index in [9.17, 15) is 4.79 Å². The number of rotatable bonds is 7. The Hall–Kier alpha value is -2.02. The summed E-state index contributed by atoms with van der Waals surface area (Å²) in [7, 11) is 1.73. The second-order valence-electron chi connectivity index (χ2n) is 8.46. The molecule has 2 aliphatic rings. The number of piperidine rings is 1. The van der Waals surface area contributed by atoms with E-state index in [2.05, 4.69) is 22.3 Å². The monoisotopic (exact) mass is 440 g/mol. The van der Waals surface area contributed by atoms with Gasteiger partial charge in [-0.2, -0.15) is 0 Å². The van der Waals surface area contributed by atoms with Crippen molar-refractivity contribution in [3.8, 4) is 5.75 Å². The predicted octanol–water partition coefficient (Wildman–Crippen LogP) is 4.36. The second-order valence-corrected chi connectivity index (χ2v) is 9.31. The number of methoxy groups -OCH3 is 1. The Bertz CT molecular complexity index is 896. The fourth-order valence-corrected chi connectivity index (χ4v) is 5.33. The van der Waals surface area contributed by atoms with Gasteiger partial charge in [0, 0.05) is 36.6 Å². The van der Waals surface area contributed by atoms with Crippen LogP contribution in [0.5, 0.6) is 5.75 Å². The van der Waals surface area contributed by atoms with E-state index >= 15 is 0 Å². The topological polar surface area (TPSA) is 50.8 Å². The number of thioether (sulfide) groups is 1. The number of likely N-dealkylation sites (tertiary alicyclic amines) is 1. The van der Waals surface area contributed by atoms with Crippen molar-refractivity contribution in [1.29, 1.82) is 0 Å². The van der Waals surface area contributed by atoms with Crippen LogP contribution < -0.4 is 10.1 Å². The quantitative estimate of drug-likeness (QED) is 0.649. The molecule has 0 saturated carbocycles. The molecule has 6 heteroatoms. The summed E-state index contributed by atoms with van der Waals surface area (Å²) >= 11 is 1.60. The molecule has 0 radical (unpaired) electrons. The number of nitrogens with one attached hydrogen (secondary N) is 1. The summed E-state index contributed by atoms with van der Waals surface area (Å²) in [6.45, 7) is 3.54. The molecule has 0 aromatic heterocycles. The predicted molar refractivity (Wildman–Crippen MR) is 125 cm³/mol. The third kappa shape index (κ3) is 5.25. The Kier molecular flexibility index (Phi) is 7.20. The van der Waals surface area contributed by atoms with Crippen LogP contribution in [-0.2, 0) is 11.3 Å². The first-order valence-electron chi connectivity index (χ1n) is 11.1. The van der Waals surface area contributed by atoms with Crippen LogP contribution in [0.15, 0.2) is 53.4 Å². The van der Waals surface area contributed by atoms with Gasteiger partial charge < -0.3 is 14.8 Å². The van der Waals surface area contributed by atoms with Gasteiger partial charge in [-0.25, -0.2) is 0 Å². The van der Waals surface area contributed by atoms with Crippen LogP contribution in [-0.4, -0.2) is 55.5 Å². The Labute approximate surface area is 189 Å². The summed E-state index contributed by atoms with van der Waals surface area (Å²) < 4.78 is 12.0. The van der Waals surface area contributed by atoms with Crippen molar-refractivity contribution in [3.63, 3.8) is 0 Å². The zero-order chi connectivity index (χ0) is 21.7. The highest BCUT2D eigenvalue weighted by Gasteiger charge is 2.42. The van der Waals surface area contributed by atoms with Crippen molar-refractivity contribution < 1.29 is 14.3 Å². The van der Waals surface area contributed by atoms with Gasteiger partial charge in [-0.1, -0.05) is 30.3 Å². The lowest BCUT2D eigenvalue weighted by Gasteiger charge is -2.39. The van der Waals surface area contributed by atoms with Gasteiger partial charge in [-0.15, -0.1) is 11.8 Å². The number of benzene rings is 2. The van der Waals surface area contributed by atoms with E-state index in [-0.39, 0.29) is 17.6 Å². The van der Waals surface area contributed by atoms with Gasteiger partial charge in [0.1, 0.15) is 5.75 Å². The third-order valence-electron chi connectivity index (χ3n) is 6.53. The van der Waals surface area contributed by atoms with Crippen LogP contribution in [0.2, 0.25) is 0 Å². The highest BCUT2D eigenvalue weighted by Crippen LogP contribution is 2.39. The van der Waals surface area contributed by atoms with E-state index in [0.717, 1.165) is 61.5 Å². The van der Waals surface area contributed by atoms with Crippen molar-refractivity contribution in [1.82, 2.24) is 10.2 Å². The molecule has 0 aliphatic carbocycles. The first-order chi connectivity index (χ1) is 15.1. The standard InChI is InChI=1S/C25H32N2O3S/c1-29-22-9-5-3-7-19(22)18-27-15-13-25(14-16-27)12-11-20(30-25)17-26-24(28)21-8-4-6-10-23(21)31-2/h3-10,20H,11-18H2,1-2H3,(H,26,28). The summed E-state index contributed by atoms with van der Waals surface area (Å²) in [5.74, 6) is 0.944. The molecule has 2 heterocycles. The number of para-hydroxylation sites is 1. The van der Waals surface area contributed by atoms with E-state index in [0.29, 0.717) is 6.54 Å². The Balaban J connectivity index is 1.26. The number of nitrogens with zero attached hydrogens (tertiary/aromatic N) is 1. The summed E-state index contributed by atoms with van der Waals surface area (Å²) in [6.07, 6.45) is 6.28. The molecule has 0 bridgehead atoms. The maximum Gasteiger partial charge on any atom is 0.252 e. The fraction of sp³-hybridized carbons (Fsp3) is 0.480. The molecule has 2 aromatic rings. The third-order valence-corrected chi connectivity index (χ3v) is 7.33. The number of hydrogen-bond donors (Lipinski definition) is 1. The maximum absolute atomic E-state index is 12.6. The van der Waals surface area contributed by atoms with Crippen LogP contribution in [0.1, 0.15) is 41.6 Å². The van der Waals surface area contributed by atoms with Crippen molar-refractivity contribution in [2.45, 2.75) is 48.8 Å². The SMILES string of the molecule is COc1ccccc1CN1CCC2(CCC(CNC(=O)c3ccccc3SC)O2)CC1. The zero-order valence-corrected chi connectivity index (χ0v) is 19.2. The highest BCUT2D eigenvalue weighted by atomic mass is 32.2. The van der Waals surface area contributed by atoms with E-state index in [1.807, 2.05) is 42.7 Å². The molecule has 31 heavy (non-hydrogen) atoms. The van der Waals surface area contributed by atoms with Crippen LogP contribution in [0.25, 0.3) is 0 Å². The van der Waals surface area contributed by atoms with Crippen LogP contribution in [0.3, 0.4) is 0 Å². The maximum atomic E-state index is 12.6. The largest absolute Gasteiger partial charge is 0.496 e. The number of ether oxygens (including phenoxy) is 2. The highest BCUT2D eigenvalue weighted by molar-refractivity contribution is 7.98. The van der Waals surface area contributed by atoms with Crippen LogP contribution in [0.4, 0.5) is 0 Å². The van der Waals surface area contributed by atoms with Gasteiger partial charge in [0.25, 0.3) is 5.91 Å². The first kappa shape index (κ1) is 22.2. The molecule has 1 spiro atoms. The van der Waals surface area contributed by atoms with E-state index in [4.69, 9.17) is 9.47 Å². The zero-order valence-electron chi connectivity index (χ0n) is 18.4. The van der Waals surface area contributed by atoms with Gasteiger partial charge in [0.15, 0.2) is 0 Å².